The number of hydrogen-bond acceptors (Lipinski definition) is 4. The molecule has 0 fully saturated rings. The van der Waals surface area contributed by atoms with Gasteiger partial charge in [-0.05, 0) is 13.0 Å². The molecule has 64 valence electrons. The molecule has 0 bridgehead atoms. The number of amides is 1. The van der Waals surface area contributed by atoms with Gasteiger partial charge in [0.2, 0.25) is 5.91 Å². The van der Waals surface area contributed by atoms with Crippen LogP contribution in [0.15, 0.2) is 12.7 Å². The van der Waals surface area contributed by atoms with Gasteiger partial charge >= 0.3 is 51.4 Å². The maximum atomic E-state index is 10.4. The van der Waals surface area contributed by atoms with Crippen LogP contribution in [0.5, 0.6) is 0 Å². The van der Waals surface area contributed by atoms with E-state index in [1.807, 2.05) is 5.32 Å². The minimum absolute atomic E-state index is 0. The van der Waals surface area contributed by atoms with Gasteiger partial charge in [0.15, 0.2) is 0 Å². The molecule has 0 aliphatic carbocycles. The maximum Gasteiger partial charge on any atom is 1.00 e. The molecule has 0 radical (unpaired) electrons. The van der Waals surface area contributed by atoms with Crippen LogP contribution in [0, 0.1) is 0 Å². The molecule has 0 heterocycles. The van der Waals surface area contributed by atoms with Gasteiger partial charge in [-0.25, -0.2) is 8.42 Å². The van der Waals surface area contributed by atoms with E-state index in [1.165, 1.54) is 0 Å². The topological polar surface area (TPSA) is 86.3 Å². The zero-order valence-corrected chi connectivity index (χ0v) is 10.8. The van der Waals surface area contributed by atoms with Crippen molar-refractivity contribution in [2.24, 2.45) is 0 Å². The fourth-order valence-corrected chi connectivity index (χ4v) is 0.592. The Morgan fingerprint density at radius 2 is 2.08 bits per heavy atom. The molecule has 0 aliphatic rings. The second kappa shape index (κ2) is 6.25. The molecule has 12 heavy (non-hydrogen) atoms. The number of carbonyl (C=O) groups is 1. The molecule has 5 nitrogen and oxygen atoms in total. The largest absolute Gasteiger partial charge is 1.00 e. The number of carbonyl (C=O) groups excluding carboxylic acids is 1. The normalized spacial score (nSPS) is 12.5. The van der Waals surface area contributed by atoms with Crippen molar-refractivity contribution in [2.75, 3.05) is 0 Å². The third kappa shape index (κ3) is 6.29. The SMILES string of the molecule is C=CC(=O)NC(C)S(=O)(=O)[O-].[K+]. The Labute approximate surface area is 114 Å². The van der Waals surface area contributed by atoms with Crippen LogP contribution in [-0.4, -0.2) is 24.3 Å². The molecule has 1 unspecified atom stereocenters. The van der Waals surface area contributed by atoms with E-state index in [9.17, 15) is 17.8 Å². The van der Waals surface area contributed by atoms with Crippen molar-refractivity contribution < 1.29 is 69.1 Å². The van der Waals surface area contributed by atoms with E-state index in [4.69, 9.17) is 0 Å². The number of rotatable bonds is 3. The maximum absolute atomic E-state index is 10.4. The summed E-state index contributed by atoms with van der Waals surface area (Å²) < 4.78 is 30.5. The van der Waals surface area contributed by atoms with Crippen LogP contribution in [-0.2, 0) is 14.9 Å². The van der Waals surface area contributed by atoms with E-state index in [-0.39, 0.29) is 51.4 Å². The molecule has 1 atom stereocenters. The van der Waals surface area contributed by atoms with Crippen LogP contribution in [0.3, 0.4) is 0 Å². The van der Waals surface area contributed by atoms with Crippen LogP contribution in [0.4, 0.5) is 0 Å². The van der Waals surface area contributed by atoms with Gasteiger partial charge in [0.1, 0.15) is 15.5 Å². The summed E-state index contributed by atoms with van der Waals surface area (Å²) in [6.07, 6.45) is 0.891. The van der Waals surface area contributed by atoms with E-state index in [2.05, 4.69) is 6.58 Å². The summed E-state index contributed by atoms with van der Waals surface area (Å²) in [7, 11) is -4.44. The van der Waals surface area contributed by atoms with Crippen LogP contribution < -0.4 is 56.7 Å². The number of nitrogens with one attached hydrogen (secondary N) is 1. The van der Waals surface area contributed by atoms with Crippen molar-refractivity contribution in [3.63, 3.8) is 0 Å². The predicted octanol–water partition coefficient (Wildman–Crippen LogP) is -3.82. The smallest absolute Gasteiger partial charge is 0.746 e. The summed E-state index contributed by atoms with van der Waals surface area (Å²) in [6, 6.07) is 0. The summed E-state index contributed by atoms with van der Waals surface area (Å²) in [5, 5.41) is 0.503. The molecule has 0 spiro atoms. The van der Waals surface area contributed by atoms with Gasteiger partial charge in [-0.2, -0.15) is 0 Å². The molecule has 1 N–H and O–H groups in total. The van der Waals surface area contributed by atoms with Crippen LogP contribution in [0.25, 0.3) is 0 Å². The summed E-state index contributed by atoms with van der Waals surface area (Å²) in [4.78, 5) is 10.4. The van der Waals surface area contributed by atoms with Crippen molar-refractivity contribution in [3.8, 4) is 0 Å². The molecule has 0 aromatic carbocycles. The first-order valence-corrected chi connectivity index (χ1v) is 4.22. The monoisotopic (exact) mass is 217 g/mol. The molecule has 0 aromatic heterocycles. The van der Waals surface area contributed by atoms with Crippen LogP contribution in [0.2, 0.25) is 0 Å². The molecule has 7 heteroatoms. The Kier molecular flexibility index (Phi) is 7.93. The Balaban J connectivity index is 0. The number of hydrogen-bond donors (Lipinski definition) is 1. The Morgan fingerprint density at radius 1 is 1.67 bits per heavy atom. The van der Waals surface area contributed by atoms with Crippen LogP contribution >= 0.6 is 0 Å². The summed E-state index contributed by atoms with van der Waals surface area (Å²) >= 11 is 0. The van der Waals surface area contributed by atoms with E-state index in [0.717, 1.165) is 13.0 Å². The van der Waals surface area contributed by atoms with Crippen molar-refractivity contribution in [3.05, 3.63) is 12.7 Å². The summed E-state index contributed by atoms with van der Waals surface area (Å²) in [6.45, 7) is 4.17. The summed E-state index contributed by atoms with van der Waals surface area (Å²) in [5.74, 6) is -0.683. The van der Waals surface area contributed by atoms with E-state index in [0.29, 0.717) is 0 Å². The fraction of sp³-hybridized carbons (Fsp3) is 0.400. The summed E-state index contributed by atoms with van der Waals surface area (Å²) in [5.41, 5.74) is 0. The minimum atomic E-state index is -4.44. The standard InChI is InChI=1S/C5H9NO4S.K/c1-3-5(7)6-4(2)11(8,9)10;/h3-4H,1H2,2H3,(H,6,7)(H,8,9,10);/q;+1/p-1. The second-order valence-corrected chi connectivity index (χ2v) is 3.54. The molecule has 0 aliphatic heterocycles. The predicted molar refractivity (Wildman–Crippen MR) is 37.5 cm³/mol. The van der Waals surface area contributed by atoms with Gasteiger partial charge in [-0.3, -0.25) is 4.79 Å². The molecule has 0 aromatic rings. The molecular formula is C5H8KNO4S. The van der Waals surface area contributed by atoms with Gasteiger partial charge in [-0.15, -0.1) is 0 Å². The van der Waals surface area contributed by atoms with E-state index < -0.39 is 21.4 Å². The van der Waals surface area contributed by atoms with E-state index in [1.54, 1.807) is 0 Å². The quantitative estimate of drug-likeness (QED) is 0.298. The fourth-order valence-electron chi connectivity index (χ4n) is 0.331. The molecule has 0 saturated heterocycles. The zero-order valence-electron chi connectivity index (χ0n) is 6.90. The Bertz CT molecular complexity index is 261. The van der Waals surface area contributed by atoms with Gasteiger partial charge < -0.3 is 9.87 Å². The molecule has 0 rings (SSSR count). The Morgan fingerprint density at radius 3 is 2.33 bits per heavy atom. The second-order valence-electron chi connectivity index (χ2n) is 1.85. The van der Waals surface area contributed by atoms with Crippen LogP contribution in [0.1, 0.15) is 6.92 Å². The van der Waals surface area contributed by atoms with Gasteiger partial charge in [0.05, 0.1) is 0 Å². The minimum Gasteiger partial charge on any atom is -0.746 e. The average molecular weight is 217 g/mol. The van der Waals surface area contributed by atoms with E-state index >= 15 is 0 Å². The third-order valence-electron chi connectivity index (χ3n) is 0.964. The Hall–Kier alpha value is 0.756. The first-order chi connectivity index (χ1) is 4.88. The molecule has 0 saturated carbocycles. The zero-order chi connectivity index (χ0) is 9.07. The average Bonchev–Trinajstić information content (AvgIpc) is 1.85. The van der Waals surface area contributed by atoms with Gasteiger partial charge in [0, 0.05) is 0 Å². The van der Waals surface area contributed by atoms with Crippen molar-refractivity contribution in [1.82, 2.24) is 5.32 Å². The van der Waals surface area contributed by atoms with Crippen molar-refractivity contribution in [2.45, 2.75) is 12.3 Å². The van der Waals surface area contributed by atoms with Gasteiger partial charge in [0.25, 0.3) is 0 Å². The van der Waals surface area contributed by atoms with Gasteiger partial charge in [-0.1, -0.05) is 6.58 Å². The van der Waals surface area contributed by atoms with Crippen molar-refractivity contribution in [1.29, 1.82) is 0 Å². The van der Waals surface area contributed by atoms with Crippen molar-refractivity contribution >= 4 is 16.0 Å². The molecule has 1 amide bonds. The third-order valence-corrected chi connectivity index (χ3v) is 1.95. The first-order valence-electron chi connectivity index (χ1n) is 2.75. The first kappa shape index (κ1) is 15.2. The molecular weight excluding hydrogens is 209 g/mol.